The van der Waals surface area contributed by atoms with E-state index >= 15 is 0 Å². The molecular weight excluding hydrogens is 1890 g/mol. The van der Waals surface area contributed by atoms with Crippen LogP contribution in [0.5, 0.6) is 34.9 Å². The van der Waals surface area contributed by atoms with E-state index in [9.17, 15) is 22.0 Å². The molecule has 132 heavy (non-hydrogen) atoms. The van der Waals surface area contributed by atoms with E-state index in [0.717, 1.165) is 197 Å². The molecule has 0 spiro atoms. The summed E-state index contributed by atoms with van der Waals surface area (Å²) < 4.78 is 98.8. The smallest absolute Gasteiger partial charge is 0.231 e. The Kier molecular flexibility index (Phi) is 29.5. The third kappa shape index (κ3) is 20.2. The molecule has 9 heterocycles. The summed E-state index contributed by atoms with van der Waals surface area (Å²) in [5.41, 5.74) is 9.37. The molecule has 34 heteroatoms. The predicted molar refractivity (Wildman–Crippen MR) is 532 cm³/mol. The number of aromatic nitrogens is 3. The fourth-order valence-electron chi connectivity index (χ4n) is 19.8. The largest absolute Gasteiger partial charge is 0.497 e. The number of likely N-dealkylation sites (tertiary alicyclic amines) is 5. The van der Waals surface area contributed by atoms with Crippen LogP contribution in [0.2, 0.25) is 25.1 Å². The van der Waals surface area contributed by atoms with Gasteiger partial charge in [-0.2, -0.15) is 0 Å². The number of thioether (sulfide) groups is 5. The second kappa shape index (κ2) is 40.5. The minimum absolute atomic E-state index is 0. The van der Waals surface area contributed by atoms with E-state index < -0.39 is 0 Å². The number of hydrogen-bond donors (Lipinski definition) is 0. The van der Waals surface area contributed by atoms with Crippen LogP contribution in [0.4, 0.5) is 50.4 Å². The van der Waals surface area contributed by atoms with Gasteiger partial charge < -0.3 is 52.9 Å². The number of hydrogen-bond acceptors (Lipinski definition) is 19. The maximum atomic E-state index is 13.9. The van der Waals surface area contributed by atoms with Crippen LogP contribution in [0.25, 0.3) is 0 Å². The van der Waals surface area contributed by atoms with Gasteiger partial charge >= 0.3 is 0 Å². The van der Waals surface area contributed by atoms with Crippen molar-refractivity contribution in [2.75, 3.05) is 132 Å². The molecule has 3 aromatic heterocycles. The van der Waals surface area contributed by atoms with Gasteiger partial charge in [-0.1, -0.05) is 161 Å². The third-order valence-corrected chi connectivity index (χ3v) is 31.9. The van der Waals surface area contributed by atoms with Crippen molar-refractivity contribution in [3.8, 4) is 34.9 Å². The molecule has 21 rings (SSSR count). The van der Waals surface area contributed by atoms with Gasteiger partial charge in [0.25, 0.3) is 0 Å². The number of amidine groups is 5. The number of fused-ring (bicyclic) bond motifs is 6. The van der Waals surface area contributed by atoms with Gasteiger partial charge in [0.05, 0.1) is 80.5 Å². The predicted octanol–water partition coefficient (Wildman–Crippen LogP) is 24.1. The Bertz CT molecular complexity index is 5740. The van der Waals surface area contributed by atoms with Gasteiger partial charge in [-0.15, -0.1) is 0 Å². The van der Waals surface area contributed by atoms with Crippen LogP contribution in [0.15, 0.2) is 213 Å². The Morgan fingerprint density at radius 1 is 0.348 bits per heavy atom. The summed E-state index contributed by atoms with van der Waals surface area (Å²) in [5.74, 6) is 5.18. The molecule has 10 atom stereocenters. The van der Waals surface area contributed by atoms with Crippen molar-refractivity contribution in [3.63, 3.8) is 0 Å². The number of benzene rings is 7. The Labute approximate surface area is 812 Å². The molecule has 10 fully saturated rings. The zero-order chi connectivity index (χ0) is 91.8. The number of pyridine rings is 3. The highest BCUT2D eigenvalue weighted by Gasteiger charge is 2.66. The average molecular weight is 1990 g/mol. The van der Waals surface area contributed by atoms with Gasteiger partial charge in [-0.25, -0.2) is 61.9 Å². The minimum atomic E-state index is -0.342. The molecule has 5 saturated carbocycles. The molecule has 0 N–H and O–H groups in total. The molecule has 2 unspecified atom stereocenters. The second-order valence-electron chi connectivity index (χ2n) is 34.2. The molecule has 6 aliphatic heterocycles. The van der Waals surface area contributed by atoms with E-state index in [1.54, 1.807) is 130 Å². The Hall–Kier alpha value is -9.01. The zero-order valence-corrected chi connectivity index (χ0v) is 81.0. The molecule has 0 radical (unpaired) electrons. The lowest BCUT2D eigenvalue weighted by atomic mass is 9.95. The highest BCUT2D eigenvalue weighted by atomic mass is 35.5. The van der Waals surface area contributed by atoms with Gasteiger partial charge in [0.2, 0.25) is 24.4 Å². The highest BCUT2D eigenvalue weighted by molar-refractivity contribution is 8.14. The molecule has 0 amide bonds. The number of piperidine rings is 5. The lowest BCUT2D eigenvalue weighted by Crippen LogP contribution is -2.31. The van der Waals surface area contributed by atoms with Crippen molar-refractivity contribution in [3.05, 3.63) is 270 Å². The number of ether oxygens (including phenoxy) is 6. The normalized spacial score (nSPS) is 24.6. The molecule has 19 nitrogen and oxygen atoms in total. The molecule has 5 aliphatic carbocycles. The summed E-state index contributed by atoms with van der Waals surface area (Å²) in [6.45, 7) is 9.20. The molecule has 692 valence electrons. The van der Waals surface area contributed by atoms with Crippen LogP contribution in [0, 0.1) is 58.7 Å². The third-order valence-electron chi connectivity index (χ3n) is 26.7. The van der Waals surface area contributed by atoms with Crippen LogP contribution in [-0.4, -0.2) is 197 Å². The fraction of sp³-hybridized carbons (Fsp3) is 0.367. The van der Waals surface area contributed by atoms with Crippen LogP contribution >= 0.6 is 117 Å². The van der Waals surface area contributed by atoms with Crippen molar-refractivity contribution in [2.24, 2.45) is 54.6 Å². The highest BCUT2D eigenvalue weighted by Crippen LogP contribution is 2.66. The Morgan fingerprint density at radius 3 is 0.939 bits per heavy atom. The van der Waals surface area contributed by atoms with E-state index in [1.165, 1.54) is 54.6 Å². The van der Waals surface area contributed by atoms with Gasteiger partial charge in [-0.05, 0) is 230 Å². The lowest BCUT2D eigenvalue weighted by molar-refractivity contribution is 0.174. The molecular formula is C98H99Cl5F5N13O6S5. The van der Waals surface area contributed by atoms with Gasteiger partial charge in [0.15, 0.2) is 37.3 Å². The fourth-order valence-corrected chi connectivity index (χ4v) is 24.5. The second-order valence-corrected chi connectivity index (χ2v) is 40.1. The summed E-state index contributed by atoms with van der Waals surface area (Å²) >= 11 is 39.7. The summed E-state index contributed by atoms with van der Waals surface area (Å²) in [6, 6.07) is 48.7. The molecule has 10 aromatic rings. The molecule has 7 aromatic carbocycles. The van der Waals surface area contributed by atoms with E-state index in [-0.39, 0.29) is 75.4 Å². The first kappa shape index (κ1) is 96.1. The van der Waals surface area contributed by atoms with Crippen LogP contribution in [-0.2, 0) is 27.1 Å². The Balaban J connectivity index is 0.000000120. The van der Waals surface area contributed by atoms with E-state index in [4.69, 9.17) is 111 Å². The van der Waals surface area contributed by atoms with Crippen LogP contribution in [0.3, 0.4) is 0 Å². The van der Waals surface area contributed by atoms with Gasteiger partial charge in [0, 0.05) is 137 Å². The standard InChI is InChI=1S/C20H18ClFN2O2S.C20H20ClFN2OS.3C19H19ClFN3OS.CH4/c1-27-19(23-14-3-5-17-18(7-14)26-11-25-17)24-9-12-8-20(12,10-24)15-4-2-13(22)6-16(15)21;1-25-16-6-4-15(5-7-16)23-19(26-2)24-11-13-10-20(13,12-24)17-8-3-14(22)9-18(17)21;2*1-25-17-6-4-14(9-22-17)23-18(26-2)24-10-12-8-19(12,11-24)15-5-3-13(21)7-16(15)20;1-25-16-7-6-13(9-22-16)23-18(26-2)24-10-12-8-19(12,11-24)14-4-3-5-15(21)17(14)20;/h2-7,12H,8-11H2,1H3;3-9,13H,10-12H2,1-2H3;3*3-7,9,12H,8,10-11H2,1-2H3;1H4/t12-,20-;13-,20-;12-,19-;;12-,19-;/m010.0./s1. The topological polar surface area (TPSA) is 172 Å². The van der Waals surface area contributed by atoms with Crippen molar-refractivity contribution >= 4 is 171 Å². The van der Waals surface area contributed by atoms with Gasteiger partial charge in [-0.3, -0.25) is 0 Å². The van der Waals surface area contributed by atoms with Crippen molar-refractivity contribution in [2.45, 2.75) is 66.6 Å². The number of rotatable bonds is 14. The maximum Gasteiger partial charge on any atom is 0.231 e. The molecule has 0 bridgehead atoms. The number of nitrogens with zero attached hydrogens (tertiary/aromatic N) is 13. The van der Waals surface area contributed by atoms with Crippen molar-refractivity contribution in [1.82, 2.24) is 39.5 Å². The molecule has 11 aliphatic rings. The average Bonchev–Trinajstić information content (AvgIpc) is 1.56. The lowest BCUT2D eigenvalue weighted by Gasteiger charge is -2.24. The summed E-state index contributed by atoms with van der Waals surface area (Å²) in [4.78, 5) is 48.0. The minimum Gasteiger partial charge on any atom is -0.497 e. The number of halogens is 10. The summed E-state index contributed by atoms with van der Waals surface area (Å²) in [7, 11) is 6.43. The zero-order valence-electron chi connectivity index (χ0n) is 73.2. The van der Waals surface area contributed by atoms with Crippen LogP contribution in [0.1, 0.15) is 67.3 Å². The van der Waals surface area contributed by atoms with Gasteiger partial charge in [0.1, 0.15) is 34.8 Å². The first-order valence-corrected chi connectivity index (χ1v) is 50.5. The van der Waals surface area contributed by atoms with Crippen molar-refractivity contribution in [1.29, 1.82) is 0 Å². The summed E-state index contributed by atoms with van der Waals surface area (Å²) in [6.07, 6.45) is 20.7. The SMILES string of the molecule is C.COc1ccc(N=C(SC)N2CC3CC3(c3ccc(F)cc3Cl)C2)cn1.COc1ccc(N=C(SC)N2C[C@@H]3C[C@]3(c3ccc(F)cc3Cl)C2)cn1.COc1ccc(N=C(SC)N2C[C@@H]3C[C@]3(c3cccc(F)c3Cl)C2)cn1.COc1ccc(N=C(SC)N2C[C@H]3C[C@@]3(c3ccc(F)cc3Cl)C2)cc1.CSC(=Nc1ccc2c(c1)OCO2)N1C[C@@H]2C[C@]2(c2ccc(F)cc2Cl)C1. The van der Waals surface area contributed by atoms with E-state index in [0.29, 0.717) is 67.3 Å². The van der Waals surface area contributed by atoms with Crippen molar-refractivity contribution < 1.29 is 50.4 Å². The van der Waals surface area contributed by atoms with Crippen LogP contribution < -0.4 is 28.4 Å². The summed E-state index contributed by atoms with van der Waals surface area (Å²) in [5, 5.41) is 7.20. The first-order chi connectivity index (χ1) is 63.3. The number of aliphatic imine (C=N–C) groups is 5. The quantitative estimate of drug-likeness (QED) is 0.0571. The maximum absolute atomic E-state index is 13.9. The van der Waals surface area contributed by atoms with E-state index in [2.05, 4.69) is 39.5 Å². The Morgan fingerprint density at radius 2 is 0.644 bits per heavy atom. The number of methoxy groups -OCH3 is 4. The monoisotopic (exact) mass is 1980 g/mol. The van der Waals surface area contributed by atoms with E-state index in [1.807, 2.05) is 122 Å². The first-order valence-electron chi connectivity index (χ1n) is 42.5. The molecule has 5 saturated heterocycles.